The molecule has 0 unspecified atom stereocenters. The first kappa shape index (κ1) is 13.2. The molecule has 0 saturated heterocycles. The molecule has 1 aliphatic heterocycles. The first-order valence-electron chi connectivity index (χ1n) is 6.99. The van der Waals surface area contributed by atoms with E-state index in [-0.39, 0.29) is 5.41 Å². The molecule has 1 aliphatic carbocycles. The number of halogens is 1. The summed E-state index contributed by atoms with van der Waals surface area (Å²) in [5.74, 6) is 0.907. The van der Waals surface area contributed by atoms with Gasteiger partial charge in [-0.15, -0.1) is 0 Å². The van der Waals surface area contributed by atoms with Crippen molar-refractivity contribution in [3.63, 3.8) is 0 Å². The molecule has 1 aromatic rings. The van der Waals surface area contributed by atoms with Crippen LogP contribution in [0.2, 0.25) is 5.02 Å². The third-order valence-electron chi connectivity index (χ3n) is 4.49. The van der Waals surface area contributed by atoms with E-state index in [9.17, 15) is 0 Å². The lowest BCUT2D eigenvalue weighted by molar-refractivity contribution is -0.0175. The Morgan fingerprint density at radius 1 is 1.21 bits per heavy atom. The average molecular weight is 282 g/mol. The largest absolute Gasteiger partial charge is 0.467 e. The standard InChI is InChI=1S/C15H20ClNO2/c16-12-4-5-13-11(8-18-10-19-13)14(12)15(9-17)6-2-1-3-7-15/h4-5H,1-3,6-10,17H2. The maximum Gasteiger partial charge on any atom is 0.189 e. The van der Waals surface area contributed by atoms with Gasteiger partial charge in [0.05, 0.1) is 6.61 Å². The molecule has 1 heterocycles. The summed E-state index contributed by atoms with van der Waals surface area (Å²) >= 11 is 6.50. The Balaban J connectivity index is 2.11. The molecular weight excluding hydrogens is 262 g/mol. The molecule has 19 heavy (non-hydrogen) atoms. The second kappa shape index (κ2) is 5.31. The SMILES string of the molecule is NCC1(c2c(Cl)ccc3c2COCO3)CCCCC1. The van der Waals surface area contributed by atoms with E-state index in [4.69, 9.17) is 26.8 Å². The van der Waals surface area contributed by atoms with Crippen molar-refractivity contribution < 1.29 is 9.47 Å². The molecule has 0 atom stereocenters. The maximum atomic E-state index is 6.50. The van der Waals surface area contributed by atoms with E-state index in [0.717, 1.165) is 29.2 Å². The van der Waals surface area contributed by atoms with Gasteiger partial charge in [-0.05, 0) is 30.5 Å². The maximum absolute atomic E-state index is 6.50. The highest BCUT2D eigenvalue weighted by Gasteiger charge is 2.37. The topological polar surface area (TPSA) is 44.5 Å². The van der Waals surface area contributed by atoms with Crippen LogP contribution in [0.15, 0.2) is 12.1 Å². The van der Waals surface area contributed by atoms with Gasteiger partial charge in [0, 0.05) is 22.5 Å². The van der Waals surface area contributed by atoms with Crippen molar-refractivity contribution in [3.8, 4) is 5.75 Å². The summed E-state index contributed by atoms with van der Waals surface area (Å²) in [5.41, 5.74) is 8.41. The van der Waals surface area contributed by atoms with E-state index in [2.05, 4.69) is 0 Å². The minimum atomic E-state index is 0.00470. The molecule has 3 nitrogen and oxygen atoms in total. The number of hydrogen-bond acceptors (Lipinski definition) is 3. The number of nitrogens with two attached hydrogens (primary N) is 1. The van der Waals surface area contributed by atoms with E-state index in [0.29, 0.717) is 19.9 Å². The Morgan fingerprint density at radius 3 is 2.74 bits per heavy atom. The number of ether oxygens (including phenoxy) is 2. The normalized spacial score (nSPS) is 21.6. The lowest BCUT2D eigenvalue weighted by Crippen LogP contribution is -2.39. The van der Waals surface area contributed by atoms with Crippen molar-refractivity contribution >= 4 is 11.6 Å². The quantitative estimate of drug-likeness (QED) is 0.904. The summed E-state index contributed by atoms with van der Waals surface area (Å²) in [7, 11) is 0. The molecule has 3 rings (SSSR count). The Morgan fingerprint density at radius 2 is 2.00 bits per heavy atom. The first-order chi connectivity index (χ1) is 9.27. The van der Waals surface area contributed by atoms with Crippen molar-refractivity contribution in [1.29, 1.82) is 0 Å². The summed E-state index contributed by atoms with van der Waals surface area (Å²) in [6, 6.07) is 3.88. The molecule has 0 radical (unpaired) electrons. The van der Waals surface area contributed by atoms with E-state index < -0.39 is 0 Å². The second-order valence-corrected chi connectivity index (χ2v) is 5.96. The zero-order valence-electron chi connectivity index (χ0n) is 11.1. The van der Waals surface area contributed by atoms with Crippen LogP contribution in [-0.4, -0.2) is 13.3 Å². The Kier molecular flexibility index (Phi) is 3.70. The fourth-order valence-electron chi connectivity index (χ4n) is 3.49. The van der Waals surface area contributed by atoms with Crippen LogP contribution in [0.3, 0.4) is 0 Å². The second-order valence-electron chi connectivity index (χ2n) is 5.55. The molecule has 0 aromatic heterocycles. The highest BCUT2D eigenvalue weighted by atomic mass is 35.5. The van der Waals surface area contributed by atoms with Gasteiger partial charge in [-0.1, -0.05) is 30.9 Å². The molecule has 0 bridgehead atoms. The summed E-state index contributed by atoms with van der Waals surface area (Å²) in [5, 5.41) is 0.806. The monoisotopic (exact) mass is 281 g/mol. The molecular formula is C15H20ClNO2. The highest BCUT2D eigenvalue weighted by Crippen LogP contribution is 2.46. The molecule has 104 valence electrons. The van der Waals surface area contributed by atoms with Gasteiger partial charge in [-0.3, -0.25) is 0 Å². The number of rotatable bonds is 2. The first-order valence-corrected chi connectivity index (χ1v) is 7.37. The van der Waals surface area contributed by atoms with Crippen molar-refractivity contribution in [3.05, 3.63) is 28.3 Å². The van der Waals surface area contributed by atoms with Crippen LogP contribution < -0.4 is 10.5 Å². The molecule has 2 aliphatic rings. The van der Waals surface area contributed by atoms with Gasteiger partial charge in [0.1, 0.15) is 5.75 Å². The molecule has 2 N–H and O–H groups in total. The molecule has 1 fully saturated rings. The zero-order valence-corrected chi connectivity index (χ0v) is 11.8. The summed E-state index contributed by atoms with van der Waals surface area (Å²) < 4.78 is 11.0. The number of hydrogen-bond donors (Lipinski definition) is 1. The number of benzene rings is 1. The van der Waals surface area contributed by atoms with Crippen LogP contribution in [0.1, 0.15) is 43.2 Å². The summed E-state index contributed by atoms with van der Waals surface area (Å²) in [4.78, 5) is 0. The fourth-order valence-corrected chi connectivity index (χ4v) is 3.86. The van der Waals surface area contributed by atoms with Crippen LogP contribution in [0.5, 0.6) is 5.75 Å². The van der Waals surface area contributed by atoms with E-state index in [1.807, 2.05) is 12.1 Å². The molecule has 0 spiro atoms. The van der Waals surface area contributed by atoms with Crippen molar-refractivity contribution in [2.24, 2.45) is 5.73 Å². The van der Waals surface area contributed by atoms with Gasteiger partial charge in [-0.25, -0.2) is 0 Å². The fraction of sp³-hybridized carbons (Fsp3) is 0.600. The van der Waals surface area contributed by atoms with Gasteiger partial charge in [0.2, 0.25) is 0 Å². The molecule has 1 aromatic carbocycles. The minimum Gasteiger partial charge on any atom is -0.467 e. The van der Waals surface area contributed by atoms with Gasteiger partial charge in [-0.2, -0.15) is 0 Å². The van der Waals surface area contributed by atoms with Gasteiger partial charge in [0.15, 0.2) is 6.79 Å². The Bertz CT molecular complexity index is 469. The smallest absolute Gasteiger partial charge is 0.189 e. The van der Waals surface area contributed by atoms with Crippen molar-refractivity contribution in [2.75, 3.05) is 13.3 Å². The third-order valence-corrected chi connectivity index (χ3v) is 4.81. The van der Waals surface area contributed by atoms with Crippen molar-refractivity contribution in [2.45, 2.75) is 44.1 Å². The van der Waals surface area contributed by atoms with Gasteiger partial charge in [0.25, 0.3) is 0 Å². The molecule has 1 saturated carbocycles. The lowest BCUT2D eigenvalue weighted by Gasteiger charge is -2.39. The predicted octanol–water partition coefficient (Wildman–Crippen LogP) is 3.37. The van der Waals surface area contributed by atoms with E-state index in [1.165, 1.54) is 24.8 Å². The Hall–Kier alpha value is -0.770. The predicted molar refractivity (Wildman–Crippen MR) is 75.6 cm³/mol. The van der Waals surface area contributed by atoms with Gasteiger partial charge >= 0.3 is 0 Å². The summed E-state index contributed by atoms with van der Waals surface area (Å²) in [6.45, 7) is 1.54. The van der Waals surface area contributed by atoms with E-state index in [1.54, 1.807) is 0 Å². The zero-order chi connectivity index (χ0) is 13.3. The lowest BCUT2D eigenvalue weighted by atomic mass is 9.68. The van der Waals surface area contributed by atoms with Gasteiger partial charge < -0.3 is 15.2 Å². The van der Waals surface area contributed by atoms with Crippen LogP contribution in [0, 0.1) is 0 Å². The van der Waals surface area contributed by atoms with Crippen molar-refractivity contribution in [1.82, 2.24) is 0 Å². The van der Waals surface area contributed by atoms with Crippen LogP contribution in [0.25, 0.3) is 0 Å². The van der Waals surface area contributed by atoms with Crippen LogP contribution in [0.4, 0.5) is 0 Å². The summed E-state index contributed by atoms with van der Waals surface area (Å²) in [6.07, 6.45) is 5.96. The Labute approximate surface area is 119 Å². The third kappa shape index (κ3) is 2.24. The number of fused-ring (bicyclic) bond motifs is 1. The van der Waals surface area contributed by atoms with E-state index >= 15 is 0 Å². The van der Waals surface area contributed by atoms with Crippen LogP contribution >= 0.6 is 11.6 Å². The highest BCUT2D eigenvalue weighted by molar-refractivity contribution is 6.31. The minimum absolute atomic E-state index is 0.00470. The molecule has 4 heteroatoms. The average Bonchev–Trinajstić information content (AvgIpc) is 2.48. The van der Waals surface area contributed by atoms with Crippen LogP contribution in [-0.2, 0) is 16.8 Å². The molecule has 0 amide bonds.